The Bertz CT molecular complexity index is 983. The summed E-state index contributed by atoms with van der Waals surface area (Å²) < 4.78 is 11.8. The fraction of sp³-hybridized carbons (Fsp3) is 0.0625. The summed E-state index contributed by atoms with van der Waals surface area (Å²) in [5, 5.41) is 9.58. The predicted molar refractivity (Wildman–Crippen MR) is 79.3 cm³/mol. The van der Waals surface area contributed by atoms with Crippen LogP contribution in [0.3, 0.4) is 0 Å². The van der Waals surface area contributed by atoms with Gasteiger partial charge in [-0.05, 0) is 18.2 Å². The van der Waals surface area contributed by atoms with Gasteiger partial charge in [0, 0.05) is 11.5 Å². The number of nitrogens with zero attached hydrogens (tertiary/aromatic N) is 3. The van der Waals surface area contributed by atoms with Gasteiger partial charge in [-0.25, -0.2) is 4.68 Å². The summed E-state index contributed by atoms with van der Waals surface area (Å²) in [6.45, 7) is 0.244. The highest BCUT2D eigenvalue weighted by molar-refractivity contribution is 5.80. The molecule has 0 unspecified atom stereocenters. The summed E-state index contributed by atoms with van der Waals surface area (Å²) in [7, 11) is 0. The third kappa shape index (κ3) is 2.10. The number of rotatable bonds is 3. The van der Waals surface area contributed by atoms with E-state index in [9.17, 15) is 4.79 Å². The summed E-state index contributed by atoms with van der Waals surface area (Å²) in [5.41, 5.74) is 0.455. The molecule has 1 aromatic carbocycles. The van der Waals surface area contributed by atoms with Crippen molar-refractivity contribution in [1.29, 1.82) is 0 Å². The Balaban J connectivity index is 1.69. The SMILES string of the molecule is O=c1c2ccccc2cnn1Cc1cc(-c2ccco2)on1. The van der Waals surface area contributed by atoms with Crippen molar-refractivity contribution in [3.05, 3.63) is 71.0 Å². The predicted octanol–water partition coefficient (Wildman–Crippen LogP) is 2.69. The molecule has 108 valence electrons. The summed E-state index contributed by atoms with van der Waals surface area (Å²) >= 11 is 0. The monoisotopic (exact) mass is 293 g/mol. The van der Waals surface area contributed by atoms with Gasteiger partial charge in [-0.2, -0.15) is 5.10 Å². The molecule has 0 bridgehead atoms. The van der Waals surface area contributed by atoms with Crippen molar-refractivity contribution >= 4 is 10.8 Å². The van der Waals surface area contributed by atoms with E-state index in [2.05, 4.69) is 10.3 Å². The average molecular weight is 293 g/mol. The second kappa shape index (κ2) is 5.00. The van der Waals surface area contributed by atoms with Crippen molar-refractivity contribution in [2.45, 2.75) is 6.54 Å². The van der Waals surface area contributed by atoms with Crippen LogP contribution in [-0.4, -0.2) is 14.9 Å². The van der Waals surface area contributed by atoms with Gasteiger partial charge in [-0.15, -0.1) is 0 Å². The first kappa shape index (κ1) is 12.6. The Morgan fingerprint density at radius 1 is 1.09 bits per heavy atom. The van der Waals surface area contributed by atoms with E-state index in [-0.39, 0.29) is 12.1 Å². The Hall–Kier alpha value is -3.15. The molecule has 0 N–H and O–H groups in total. The van der Waals surface area contributed by atoms with Gasteiger partial charge in [0.1, 0.15) is 5.69 Å². The van der Waals surface area contributed by atoms with Crippen molar-refractivity contribution in [2.75, 3.05) is 0 Å². The minimum atomic E-state index is -0.152. The molecule has 4 aromatic rings. The van der Waals surface area contributed by atoms with Gasteiger partial charge in [0.15, 0.2) is 5.76 Å². The third-order valence-electron chi connectivity index (χ3n) is 3.40. The molecule has 6 nitrogen and oxygen atoms in total. The number of fused-ring (bicyclic) bond motifs is 1. The number of hydrogen-bond donors (Lipinski definition) is 0. The molecule has 3 aromatic heterocycles. The molecule has 0 aliphatic rings. The first-order chi connectivity index (χ1) is 10.8. The maximum absolute atomic E-state index is 12.4. The van der Waals surface area contributed by atoms with Crippen LogP contribution < -0.4 is 5.56 Å². The summed E-state index contributed by atoms with van der Waals surface area (Å²) in [4.78, 5) is 12.4. The zero-order chi connectivity index (χ0) is 14.9. The topological polar surface area (TPSA) is 74.1 Å². The van der Waals surface area contributed by atoms with E-state index >= 15 is 0 Å². The Labute approximate surface area is 124 Å². The third-order valence-corrected chi connectivity index (χ3v) is 3.40. The lowest BCUT2D eigenvalue weighted by molar-refractivity contribution is 0.406. The fourth-order valence-corrected chi connectivity index (χ4v) is 2.32. The van der Waals surface area contributed by atoms with Gasteiger partial charge in [0.25, 0.3) is 5.56 Å². The molecule has 0 aliphatic heterocycles. The van der Waals surface area contributed by atoms with E-state index in [4.69, 9.17) is 8.94 Å². The number of hydrogen-bond acceptors (Lipinski definition) is 5. The molecule has 0 aliphatic carbocycles. The first-order valence-electron chi connectivity index (χ1n) is 6.75. The van der Waals surface area contributed by atoms with E-state index in [1.807, 2.05) is 18.2 Å². The lowest BCUT2D eigenvalue weighted by Gasteiger charge is -2.03. The average Bonchev–Trinajstić information content (AvgIpc) is 3.21. The lowest BCUT2D eigenvalue weighted by Crippen LogP contribution is -2.23. The van der Waals surface area contributed by atoms with E-state index in [1.54, 1.807) is 36.7 Å². The van der Waals surface area contributed by atoms with E-state index < -0.39 is 0 Å². The molecule has 22 heavy (non-hydrogen) atoms. The Morgan fingerprint density at radius 3 is 2.86 bits per heavy atom. The zero-order valence-corrected chi connectivity index (χ0v) is 11.5. The van der Waals surface area contributed by atoms with Crippen LogP contribution in [0.25, 0.3) is 22.3 Å². The maximum atomic E-state index is 12.4. The van der Waals surface area contributed by atoms with E-state index in [1.165, 1.54) is 4.68 Å². The normalized spacial score (nSPS) is 11.1. The molecule has 4 rings (SSSR count). The van der Waals surface area contributed by atoms with Gasteiger partial charge in [0.05, 0.1) is 24.4 Å². The molecule has 0 radical (unpaired) electrons. The minimum absolute atomic E-state index is 0.152. The summed E-state index contributed by atoms with van der Waals surface area (Å²) in [6, 6.07) is 12.6. The molecule has 0 fully saturated rings. The van der Waals surface area contributed by atoms with Crippen molar-refractivity contribution in [3.63, 3.8) is 0 Å². The molecule has 0 saturated carbocycles. The Morgan fingerprint density at radius 2 is 2.00 bits per heavy atom. The second-order valence-corrected chi connectivity index (χ2v) is 4.85. The Kier molecular flexibility index (Phi) is 2.86. The van der Waals surface area contributed by atoms with Crippen molar-refractivity contribution in [2.24, 2.45) is 0 Å². The molecule has 0 amide bonds. The second-order valence-electron chi connectivity index (χ2n) is 4.85. The van der Waals surface area contributed by atoms with Gasteiger partial charge >= 0.3 is 0 Å². The highest BCUT2D eigenvalue weighted by Crippen LogP contribution is 2.20. The van der Waals surface area contributed by atoms with Crippen LogP contribution in [0, 0.1) is 0 Å². The van der Waals surface area contributed by atoms with Crippen LogP contribution in [0.5, 0.6) is 0 Å². The van der Waals surface area contributed by atoms with Crippen LogP contribution >= 0.6 is 0 Å². The van der Waals surface area contributed by atoms with Crippen molar-refractivity contribution in [3.8, 4) is 11.5 Å². The van der Waals surface area contributed by atoms with E-state index in [0.717, 1.165) is 5.39 Å². The number of furan rings is 1. The molecule has 6 heteroatoms. The summed E-state index contributed by atoms with van der Waals surface area (Å²) in [6.07, 6.45) is 3.23. The van der Waals surface area contributed by atoms with Crippen LogP contribution in [-0.2, 0) is 6.54 Å². The van der Waals surface area contributed by atoms with Crippen LogP contribution in [0.4, 0.5) is 0 Å². The molecular formula is C16H11N3O3. The van der Waals surface area contributed by atoms with E-state index in [0.29, 0.717) is 22.6 Å². The van der Waals surface area contributed by atoms with Crippen LogP contribution in [0.15, 0.2) is 68.7 Å². The van der Waals surface area contributed by atoms with Gasteiger partial charge in [-0.1, -0.05) is 23.4 Å². The molecular weight excluding hydrogens is 282 g/mol. The van der Waals surface area contributed by atoms with Gasteiger partial charge in [0.2, 0.25) is 5.76 Å². The molecule has 0 atom stereocenters. The van der Waals surface area contributed by atoms with Gasteiger partial charge < -0.3 is 8.94 Å². The largest absolute Gasteiger partial charge is 0.461 e. The number of aromatic nitrogens is 3. The van der Waals surface area contributed by atoms with Crippen LogP contribution in [0.1, 0.15) is 5.69 Å². The van der Waals surface area contributed by atoms with Crippen molar-refractivity contribution < 1.29 is 8.94 Å². The lowest BCUT2D eigenvalue weighted by atomic mass is 10.2. The fourth-order valence-electron chi connectivity index (χ4n) is 2.32. The van der Waals surface area contributed by atoms with Gasteiger partial charge in [-0.3, -0.25) is 4.79 Å². The molecule has 3 heterocycles. The summed E-state index contributed by atoms with van der Waals surface area (Å²) in [5.74, 6) is 1.12. The minimum Gasteiger partial charge on any atom is -0.461 e. The van der Waals surface area contributed by atoms with Crippen LogP contribution in [0.2, 0.25) is 0 Å². The molecule has 0 saturated heterocycles. The number of benzene rings is 1. The quantitative estimate of drug-likeness (QED) is 0.580. The zero-order valence-electron chi connectivity index (χ0n) is 11.5. The smallest absolute Gasteiger partial charge is 0.274 e. The first-order valence-corrected chi connectivity index (χ1v) is 6.75. The standard InChI is InChI=1S/C16H11N3O3/c20-16-13-5-2-1-4-11(13)9-17-19(16)10-12-8-15(22-18-12)14-6-3-7-21-14/h1-9H,10H2. The molecule has 0 spiro atoms. The highest BCUT2D eigenvalue weighted by atomic mass is 16.5. The van der Waals surface area contributed by atoms with Crippen molar-refractivity contribution in [1.82, 2.24) is 14.9 Å². The highest BCUT2D eigenvalue weighted by Gasteiger charge is 2.11. The maximum Gasteiger partial charge on any atom is 0.274 e.